The molecule has 0 bridgehead atoms. The van der Waals surface area contributed by atoms with Crippen LogP contribution in [-0.2, 0) is 14.4 Å². The topological polar surface area (TPSA) is 94.9 Å². The first-order valence-corrected chi connectivity index (χ1v) is 3.79. The Hall–Kier alpha value is -1.69. The van der Waals surface area contributed by atoms with Crippen molar-refractivity contribution >= 4 is 17.8 Å². The molecule has 0 aromatic heterocycles. The molecule has 0 unspecified atom stereocenters. The molecular weight excluding hydrogens is 190 g/mol. The average Bonchev–Trinajstić information content (AvgIpc) is 2.37. The fraction of sp³-hybridized carbons (Fsp3) is 0.375. The van der Waals surface area contributed by atoms with Gasteiger partial charge in [-0.3, -0.25) is 14.8 Å². The molecule has 1 aliphatic heterocycles. The Bertz CT molecular complexity index is 255. The van der Waals surface area contributed by atoms with Gasteiger partial charge in [-0.05, 0) is 6.92 Å². The van der Waals surface area contributed by atoms with E-state index in [4.69, 9.17) is 10.3 Å². The Morgan fingerprint density at radius 1 is 1.36 bits per heavy atom. The SMILES string of the molecule is C=C(C)C(=O)O.O=C1CCC(=O)N1O. The Kier molecular flexibility index (Phi) is 4.51. The molecule has 14 heavy (non-hydrogen) atoms. The highest BCUT2D eigenvalue weighted by atomic mass is 16.5. The number of hydroxylamine groups is 2. The lowest BCUT2D eigenvalue weighted by atomic mass is 10.4. The van der Waals surface area contributed by atoms with E-state index in [-0.39, 0.29) is 23.5 Å². The lowest BCUT2D eigenvalue weighted by Crippen LogP contribution is -2.24. The fourth-order valence-electron chi connectivity index (χ4n) is 0.565. The van der Waals surface area contributed by atoms with Crippen LogP contribution in [0.2, 0.25) is 0 Å². The second kappa shape index (κ2) is 5.13. The maximum absolute atomic E-state index is 10.2. The molecule has 0 saturated carbocycles. The molecule has 0 radical (unpaired) electrons. The zero-order valence-corrected chi connectivity index (χ0v) is 7.69. The summed E-state index contributed by atoms with van der Waals surface area (Å²) in [7, 11) is 0. The predicted molar refractivity (Wildman–Crippen MR) is 45.3 cm³/mol. The standard InChI is InChI=1S/C4H5NO3.C4H6O2/c6-3-1-2-4(7)5(3)8;1-3(2)4(5)6/h8H,1-2H2;1H2,2H3,(H,5,6). The van der Waals surface area contributed by atoms with Gasteiger partial charge in [-0.2, -0.15) is 5.06 Å². The molecule has 78 valence electrons. The van der Waals surface area contributed by atoms with Gasteiger partial charge in [0.25, 0.3) is 11.8 Å². The van der Waals surface area contributed by atoms with Crippen LogP contribution in [0.1, 0.15) is 19.8 Å². The third-order valence-corrected chi connectivity index (χ3v) is 1.39. The van der Waals surface area contributed by atoms with Gasteiger partial charge in [-0.25, -0.2) is 4.79 Å². The number of nitrogens with zero attached hydrogens (tertiary/aromatic N) is 1. The molecule has 6 heteroatoms. The first-order valence-electron chi connectivity index (χ1n) is 3.79. The number of carboxylic acids is 1. The summed E-state index contributed by atoms with van der Waals surface area (Å²) in [6, 6.07) is 0. The molecule has 0 aliphatic carbocycles. The second-order valence-electron chi connectivity index (χ2n) is 2.68. The van der Waals surface area contributed by atoms with Crippen LogP contribution in [0.3, 0.4) is 0 Å². The molecule has 6 nitrogen and oxygen atoms in total. The monoisotopic (exact) mass is 201 g/mol. The molecule has 0 aromatic carbocycles. The lowest BCUT2D eigenvalue weighted by molar-refractivity contribution is -0.171. The van der Waals surface area contributed by atoms with Crippen LogP contribution in [0, 0.1) is 0 Å². The van der Waals surface area contributed by atoms with E-state index >= 15 is 0 Å². The second-order valence-corrected chi connectivity index (χ2v) is 2.68. The van der Waals surface area contributed by atoms with Gasteiger partial charge in [0.2, 0.25) is 0 Å². The number of amides is 2. The fourth-order valence-corrected chi connectivity index (χ4v) is 0.565. The minimum Gasteiger partial charge on any atom is -0.478 e. The van der Waals surface area contributed by atoms with Gasteiger partial charge < -0.3 is 5.11 Å². The first kappa shape index (κ1) is 12.3. The van der Waals surface area contributed by atoms with E-state index < -0.39 is 17.8 Å². The van der Waals surface area contributed by atoms with E-state index in [0.717, 1.165) is 0 Å². The molecule has 0 spiro atoms. The van der Waals surface area contributed by atoms with Gasteiger partial charge in [0.05, 0.1) is 0 Å². The number of carbonyl (C=O) groups excluding carboxylic acids is 2. The Balaban J connectivity index is 0.000000255. The average molecular weight is 201 g/mol. The minimum atomic E-state index is -0.935. The summed E-state index contributed by atoms with van der Waals surface area (Å²) in [6.07, 6.45) is 0.296. The molecule has 1 aliphatic rings. The van der Waals surface area contributed by atoms with Crippen molar-refractivity contribution in [3.8, 4) is 0 Å². The largest absolute Gasteiger partial charge is 0.478 e. The van der Waals surface area contributed by atoms with Crippen molar-refractivity contribution in [3.63, 3.8) is 0 Å². The number of hydrogen-bond donors (Lipinski definition) is 2. The molecule has 0 aromatic rings. The van der Waals surface area contributed by atoms with Crippen molar-refractivity contribution in [2.75, 3.05) is 0 Å². The molecule has 0 atom stereocenters. The third-order valence-electron chi connectivity index (χ3n) is 1.39. The van der Waals surface area contributed by atoms with Crippen molar-refractivity contribution in [3.05, 3.63) is 12.2 Å². The maximum atomic E-state index is 10.2. The van der Waals surface area contributed by atoms with Gasteiger partial charge in [0, 0.05) is 18.4 Å². The highest BCUT2D eigenvalue weighted by molar-refractivity contribution is 6.00. The van der Waals surface area contributed by atoms with Crippen LogP contribution in [-0.4, -0.2) is 33.2 Å². The normalized spacial score (nSPS) is 14.9. The summed E-state index contributed by atoms with van der Waals surface area (Å²) in [5.41, 5.74) is 0.176. The number of aliphatic carboxylic acids is 1. The van der Waals surface area contributed by atoms with E-state index in [1.807, 2.05) is 0 Å². The number of hydrogen-bond acceptors (Lipinski definition) is 4. The van der Waals surface area contributed by atoms with Crippen molar-refractivity contribution < 1.29 is 24.7 Å². The van der Waals surface area contributed by atoms with Crippen LogP contribution in [0.25, 0.3) is 0 Å². The quantitative estimate of drug-likeness (QED) is 0.358. The Morgan fingerprint density at radius 3 is 1.71 bits per heavy atom. The summed E-state index contributed by atoms with van der Waals surface area (Å²) in [5.74, 6) is -1.94. The van der Waals surface area contributed by atoms with Crippen LogP contribution in [0.5, 0.6) is 0 Å². The van der Waals surface area contributed by atoms with Crippen molar-refractivity contribution in [2.45, 2.75) is 19.8 Å². The van der Waals surface area contributed by atoms with Crippen LogP contribution >= 0.6 is 0 Å². The molecule has 2 amide bonds. The predicted octanol–water partition coefficient (Wildman–Crippen LogP) is 0.172. The zero-order chi connectivity index (χ0) is 11.3. The van der Waals surface area contributed by atoms with Crippen LogP contribution in [0.15, 0.2) is 12.2 Å². The Morgan fingerprint density at radius 2 is 1.64 bits per heavy atom. The maximum Gasteiger partial charge on any atom is 0.330 e. The summed E-state index contributed by atoms with van der Waals surface area (Å²) in [5, 5.41) is 16.5. The first-order chi connectivity index (χ1) is 6.36. The molecule has 1 heterocycles. The minimum absolute atomic E-state index is 0.148. The van der Waals surface area contributed by atoms with Crippen molar-refractivity contribution in [2.24, 2.45) is 0 Å². The number of rotatable bonds is 1. The number of imide groups is 1. The van der Waals surface area contributed by atoms with E-state index in [0.29, 0.717) is 0 Å². The summed E-state index contributed by atoms with van der Waals surface area (Å²) in [6.45, 7) is 4.60. The lowest BCUT2D eigenvalue weighted by Gasteiger charge is -1.98. The molecular formula is C8H11NO5. The molecule has 1 fully saturated rings. The smallest absolute Gasteiger partial charge is 0.330 e. The molecule has 2 N–H and O–H groups in total. The third kappa shape index (κ3) is 3.81. The van der Waals surface area contributed by atoms with E-state index in [1.165, 1.54) is 6.92 Å². The van der Waals surface area contributed by atoms with Gasteiger partial charge in [-0.1, -0.05) is 6.58 Å². The molecule has 1 saturated heterocycles. The zero-order valence-electron chi connectivity index (χ0n) is 7.69. The molecule has 1 rings (SSSR count). The highest BCUT2D eigenvalue weighted by Gasteiger charge is 2.26. The number of carbonyl (C=O) groups is 3. The van der Waals surface area contributed by atoms with E-state index in [2.05, 4.69) is 6.58 Å². The summed E-state index contributed by atoms with van der Waals surface area (Å²) < 4.78 is 0. The van der Waals surface area contributed by atoms with Crippen molar-refractivity contribution in [1.82, 2.24) is 5.06 Å². The Labute approximate surface area is 80.4 Å². The van der Waals surface area contributed by atoms with Crippen LogP contribution < -0.4 is 0 Å². The van der Waals surface area contributed by atoms with Gasteiger partial charge in [0.1, 0.15) is 0 Å². The summed E-state index contributed by atoms with van der Waals surface area (Å²) in [4.78, 5) is 30.1. The van der Waals surface area contributed by atoms with Crippen molar-refractivity contribution in [1.29, 1.82) is 0 Å². The summed E-state index contributed by atoms with van der Waals surface area (Å²) >= 11 is 0. The van der Waals surface area contributed by atoms with Gasteiger partial charge in [0.15, 0.2) is 0 Å². The van der Waals surface area contributed by atoms with Gasteiger partial charge >= 0.3 is 5.97 Å². The van der Waals surface area contributed by atoms with E-state index in [9.17, 15) is 14.4 Å². The number of carboxylic acid groups (broad SMARTS) is 1. The van der Waals surface area contributed by atoms with Crippen LogP contribution in [0.4, 0.5) is 0 Å². The van der Waals surface area contributed by atoms with E-state index in [1.54, 1.807) is 0 Å². The van der Waals surface area contributed by atoms with Gasteiger partial charge in [-0.15, -0.1) is 0 Å². The highest BCUT2D eigenvalue weighted by Crippen LogP contribution is 2.06.